The minimum atomic E-state index is -1.11. The Morgan fingerprint density at radius 1 is 1.20 bits per heavy atom. The van der Waals surface area contributed by atoms with Crippen molar-refractivity contribution in [3.05, 3.63) is 17.7 Å². The van der Waals surface area contributed by atoms with Gasteiger partial charge in [0.15, 0.2) is 11.5 Å². The molecule has 1 N–H and O–H groups in total. The normalized spacial score (nSPS) is 19.4. The highest BCUT2D eigenvalue weighted by Gasteiger charge is 2.41. The molecule has 1 heterocycles. The van der Waals surface area contributed by atoms with E-state index in [-0.39, 0.29) is 18.9 Å². The number of benzene rings is 1. The Morgan fingerprint density at radius 2 is 1.84 bits per heavy atom. The number of anilines is 1. The van der Waals surface area contributed by atoms with E-state index in [0.717, 1.165) is 6.42 Å². The van der Waals surface area contributed by atoms with E-state index in [2.05, 4.69) is 0 Å². The molecule has 1 aromatic rings. The van der Waals surface area contributed by atoms with Crippen LogP contribution in [-0.4, -0.2) is 44.4 Å². The Morgan fingerprint density at radius 3 is 2.40 bits per heavy atom. The molecule has 1 amide bonds. The van der Waals surface area contributed by atoms with E-state index in [0.29, 0.717) is 29.3 Å². The van der Waals surface area contributed by atoms with E-state index < -0.39 is 18.0 Å². The number of esters is 1. The highest BCUT2D eigenvalue weighted by molar-refractivity contribution is 6.00. The van der Waals surface area contributed by atoms with Crippen molar-refractivity contribution in [3.63, 3.8) is 0 Å². The van der Waals surface area contributed by atoms with Crippen LogP contribution in [0.4, 0.5) is 5.69 Å². The summed E-state index contributed by atoms with van der Waals surface area (Å²) in [6.07, 6.45) is -0.538. The number of methoxy groups -OCH3 is 2. The van der Waals surface area contributed by atoms with Gasteiger partial charge in [-0.15, -0.1) is 0 Å². The lowest BCUT2D eigenvalue weighted by molar-refractivity contribution is -0.148. The van der Waals surface area contributed by atoms with Crippen LogP contribution in [0.25, 0.3) is 0 Å². The molecule has 0 saturated heterocycles. The fraction of sp³-hybridized carbons (Fsp3) is 0.556. The summed E-state index contributed by atoms with van der Waals surface area (Å²) in [5.41, 5.74) is 1.12. The van der Waals surface area contributed by atoms with Gasteiger partial charge in [0.2, 0.25) is 5.91 Å². The number of hydrogen-bond donors (Lipinski definition) is 1. The van der Waals surface area contributed by atoms with Crippen LogP contribution >= 0.6 is 0 Å². The average molecular weight is 351 g/mol. The molecule has 2 unspecified atom stereocenters. The summed E-state index contributed by atoms with van der Waals surface area (Å²) in [5.74, 6) is -0.731. The van der Waals surface area contributed by atoms with Gasteiger partial charge in [-0.05, 0) is 19.4 Å². The van der Waals surface area contributed by atoms with Gasteiger partial charge < -0.3 is 24.2 Å². The van der Waals surface area contributed by atoms with Gasteiger partial charge in [0.25, 0.3) is 0 Å². The first-order valence-electron chi connectivity index (χ1n) is 8.39. The second-order valence-electron chi connectivity index (χ2n) is 5.82. The highest BCUT2D eigenvalue weighted by Crippen LogP contribution is 2.44. The van der Waals surface area contributed by atoms with Crippen LogP contribution in [0.5, 0.6) is 11.5 Å². The zero-order chi connectivity index (χ0) is 18.6. The fourth-order valence-electron chi connectivity index (χ4n) is 3.08. The Kier molecular flexibility index (Phi) is 6.25. The molecule has 0 saturated carbocycles. The van der Waals surface area contributed by atoms with E-state index in [9.17, 15) is 14.7 Å². The fourth-order valence-corrected chi connectivity index (χ4v) is 3.08. The Bertz CT molecular complexity index is 645. The maximum Gasteiger partial charge on any atom is 0.306 e. The summed E-state index contributed by atoms with van der Waals surface area (Å²) in [6.45, 7) is 4.37. The molecule has 1 aliphatic heterocycles. The molecule has 0 aliphatic carbocycles. The first kappa shape index (κ1) is 19.1. The molecule has 7 heteroatoms. The molecule has 1 aromatic carbocycles. The third kappa shape index (κ3) is 3.71. The van der Waals surface area contributed by atoms with Gasteiger partial charge >= 0.3 is 5.97 Å². The van der Waals surface area contributed by atoms with Crippen LogP contribution in [0.15, 0.2) is 12.1 Å². The van der Waals surface area contributed by atoms with E-state index in [4.69, 9.17) is 14.2 Å². The number of ether oxygens (including phenoxy) is 3. The van der Waals surface area contributed by atoms with E-state index in [1.807, 2.05) is 6.92 Å². The number of fused-ring (bicyclic) bond motifs is 1. The number of aliphatic hydroxyl groups excluding tert-OH is 1. The van der Waals surface area contributed by atoms with Crippen LogP contribution in [0, 0.1) is 5.92 Å². The smallest absolute Gasteiger partial charge is 0.306 e. The largest absolute Gasteiger partial charge is 0.493 e. The maximum atomic E-state index is 12.9. The lowest BCUT2D eigenvalue weighted by Gasteiger charge is -2.37. The molecule has 2 rings (SSSR count). The maximum absolute atomic E-state index is 12.9. The zero-order valence-electron chi connectivity index (χ0n) is 15.1. The summed E-state index contributed by atoms with van der Waals surface area (Å²) >= 11 is 0. The first-order chi connectivity index (χ1) is 12.0. The van der Waals surface area contributed by atoms with Crippen LogP contribution < -0.4 is 14.4 Å². The van der Waals surface area contributed by atoms with E-state index in [1.54, 1.807) is 24.0 Å². The summed E-state index contributed by atoms with van der Waals surface area (Å²) in [4.78, 5) is 26.3. The molecule has 138 valence electrons. The van der Waals surface area contributed by atoms with E-state index >= 15 is 0 Å². The number of aliphatic hydroxyl groups is 1. The van der Waals surface area contributed by atoms with Crippen molar-refractivity contribution in [2.75, 3.05) is 32.3 Å². The van der Waals surface area contributed by atoms with E-state index in [1.165, 1.54) is 14.2 Å². The number of carbonyl (C=O) groups excluding carboxylic acids is 2. The molecule has 2 atom stereocenters. The van der Waals surface area contributed by atoms with Crippen molar-refractivity contribution in [1.29, 1.82) is 0 Å². The Balaban J connectivity index is 2.48. The SMILES string of the molecule is CCCN1C(=O)C(CC(=O)OCC)C(O)c2cc(OC)c(OC)cc21. The van der Waals surface area contributed by atoms with Crippen molar-refractivity contribution >= 4 is 17.6 Å². The minimum Gasteiger partial charge on any atom is -0.493 e. The van der Waals surface area contributed by atoms with Crippen molar-refractivity contribution in [2.24, 2.45) is 5.92 Å². The molecule has 25 heavy (non-hydrogen) atoms. The number of amides is 1. The predicted molar refractivity (Wildman–Crippen MR) is 91.9 cm³/mol. The van der Waals surface area contributed by atoms with Crippen molar-refractivity contribution in [3.8, 4) is 11.5 Å². The van der Waals surface area contributed by atoms with Gasteiger partial charge in [0.05, 0.1) is 45.0 Å². The second-order valence-corrected chi connectivity index (χ2v) is 5.82. The zero-order valence-corrected chi connectivity index (χ0v) is 15.1. The molecule has 0 fully saturated rings. The first-order valence-corrected chi connectivity index (χ1v) is 8.39. The molecule has 0 aromatic heterocycles. The number of nitrogens with zero attached hydrogens (tertiary/aromatic N) is 1. The lowest BCUT2D eigenvalue weighted by Crippen LogP contribution is -2.44. The van der Waals surface area contributed by atoms with Crippen LogP contribution in [-0.2, 0) is 14.3 Å². The van der Waals surface area contributed by atoms with Crippen LogP contribution in [0.1, 0.15) is 38.4 Å². The quantitative estimate of drug-likeness (QED) is 0.757. The topological polar surface area (TPSA) is 85.3 Å². The van der Waals surface area contributed by atoms with Crippen molar-refractivity contribution in [1.82, 2.24) is 0 Å². The number of carbonyl (C=O) groups is 2. The monoisotopic (exact) mass is 351 g/mol. The third-order valence-electron chi connectivity index (χ3n) is 4.25. The van der Waals surface area contributed by atoms with Crippen molar-refractivity contribution in [2.45, 2.75) is 32.8 Å². The lowest BCUT2D eigenvalue weighted by atomic mass is 9.86. The summed E-state index contributed by atoms with van der Waals surface area (Å²) < 4.78 is 15.5. The van der Waals surface area contributed by atoms with Gasteiger partial charge in [-0.3, -0.25) is 9.59 Å². The molecule has 0 radical (unpaired) electrons. The predicted octanol–water partition coefficient (Wildman–Crippen LogP) is 2.06. The molecular formula is C18H25NO6. The average Bonchev–Trinajstić information content (AvgIpc) is 2.61. The standard InChI is InChI=1S/C18H25NO6/c1-5-7-19-13-10-15(24-4)14(23-3)8-11(13)17(21)12(18(19)22)9-16(20)25-6-2/h8,10,12,17,21H,5-7,9H2,1-4H3. The van der Waals surface area contributed by atoms with Gasteiger partial charge in [0, 0.05) is 18.2 Å². The van der Waals surface area contributed by atoms with Gasteiger partial charge in [-0.25, -0.2) is 0 Å². The Labute approximate surface area is 147 Å². The number of hydrogen-bond acceptors (Lipinski definition) is 6. The van der Waals surface area contributed by atoms with Gasteiger partial charge in [-0.2, -0.15) is 0 Å². The molecule has 0 spiro atoms. The third-order valence-corrected chi connectivity index (χ3v) is 4.25. The second kappa shape index (κ2) is 8.20. The Hall–Kier alpha value is -2.28. The molecule has 7 nitrogen and oxygen atoms in total. The van der Waals surface area contributed by atoms with Crippen molar-refractivity contribution < 1.29 is 28.9 Å². The van der Waals surface area contributed by atoms with Gasteiger partial charge in [-0.1, -0.05) is 6.92 Å². The summed E-state index contributed by atoms with van der Waals surface area (Å²) in [7, 11) is 3.02. The highest BCUT2D eigenvalue weighted by atomic mass is 16.5. The molecule has 0 bridgehead atoms. The molecule has 1 aliphatic rings. The van der Waals surface area contributed by atoms with Crippen LogP contribution in [0.3, 0.4) is 0 Å². The molecular weight excluding hydrogens is 326 g/mol. The summed E-state index contributed by atoms with van der Waals surface area (Å²) in [5, 5.41) is 10.7. The number of rotatable bonds is 7. The van der Waals surface area contributed by atoms with Gasteiger partial charge in [0.1, 0.15) is 0 Å². The summed E-state index contributed by atoms with van der Waals surface area (Å²) in [6, 6.07) is 3.34. The minimum absolute atomic E-state index is 0.165. The van der Waals surface area contributed by atoms with Crippen LogP contribution in [0.2, 0.25) is 0 Å².